The maximum absolute atomic E-state index is 12.7. The number of thioether (sulfide) groups is 1. The second-order valence-electron chi connectivity index (χ2n) is 7.88. The van der Waals surface area contributed by atoms with Crippen molar-refractivity contribution in [3.63, 3.8) is 0 Å². The molecule has 12 nitrogen and oxygen atoms in total. The van der Waals surface area contributed by atoms with Crippen molar-refractivity contribution in [2.45, 2.75) is 70.3 Å². The number of hydrogen-bond donors (Lipinski definition) is 7. The van der Waals surface area contributed by atoms with Crippen molar-refractivity contribution in [2.24, 2.45) is 17.4 Å². The van der Waals surface area contributed by atoms with Crippen LogP contribution in [0.15, 0.2) is 0 Å². The molecular weight excluding hydrogens is 442 g/mol. The second-order valence-corrected chi connectivity index (χ2v) is 8.86. The van der Waals surface area contributed by atoms with Gasteiger partial charge in [0.2, 0.25) is 23.6 Å². The van der Waals surface area contributed by atoms with Crippen LogP contribution in [0.4, 0.5) is 0 Å². The molecule has 0 saturated carbocycles. The smallest absolute Gasteiger partial charge is 0.326 e. The number of carboxylic acids is 1. The van der Waals surface area contributed by atoms with Gasteiger partial charge in [0, 0.05) is 0 Å². The normalized spacial score (nSPS) is 15.7. The highest BCUT2D eigenvalue weighted by molar-refractivity contribution is 7.98. The molecule has 4 amide bonds. The minimum absolute atomic E-state index is 0.0787. The van der Waals surface area contributed by atoms with Crippen LogP contribution in [0, 0.1) is 5.92 Å². The van der Waals surface area contributed by atoms with Crippen molar-refractivity contribution in [3.05, 3.63) is 0 Å². The number of aliphatic hydroxyl groups excluding tert-OH is 1. The molecule has 13 heteroatoms. The summed E-state index contributed by atoms with van der Waals surface area (Å²) in [6, 6.07) is -5.00. The lowest BCUT2D eigenvalue weighted by Crippen LogP contribution is -2.60. The lowest BCUT2D eigenvalue weighted by molar-refractivity contribution is -0.144. The molecule has 0 aromatic carbocycles. The van der Waals surface area contributed by atoms with Crippen molar-refractivity contribution in [2.75, 3.05) is 12.0 Å². The fourth-order valence-corrected chi connectivity index (χ4v) is 3.17. The number of nitrogens with two attached hydrogens (primary N) is 2. The lowest BCUT2D eigenvalue weighted by atomic mass is 10.0. The van der Waals surface area contributed by atoms with Crippen LogP contribution in [-0.4, -0.2) is 82.1 Å². The number of aliphatic hydroxyl groups is 1. The maximum atomic E-state index is 12.7. The molecule has 0 bridgehead atoms. The Labute approximate surface area is 191 Å². The summed E-state index contributed by atoms with van der Waals surface area (Å²) >= 11 is 1.50. The second kappa shape index (κ2) is 14.6. The molecule has 0 aliphatic heterocycles. The highest BCUT2D eigenvalue weighted by atomic mass is 32.2. The highest BCUT2D eigenvalue weighted by Gasteiger charge is 2.33. The molecule has 0 aromatic heterocycles. The Hall–Kier alpha value is -2.38. The Balaban J connectivity index is 5.40. The van der Waals surface area contributed by atoms with Gasteiger partial charge < -0.3 is 37.6 Å². The van der Waals surface area contributed by atoms with Gasteiger partial charge in [0.05, 0.1) is 18.6 Å². The predicted octanol–water partition coefficient (Wildman–Crippen LogP) is -2.09. The summed E-state index contributed by atoms with van der Waals surface area (Å²) < 4.78 is 0. The van der Waals surface area contributed by atoms with E-state index >= 15 is 0 Å². The van der Waals surface area contributed by atoms with Crippen molar-refractivity contribution >= 4 is 41.4 Å². The zero-order valence-electron chi connectivity index (χ0n) is 18.8. The van der Waals surface area contributed by atoms with Crippen molar-refractivity contribution in [3.8, 4) is 0 Å². The minimum Gasteiger partial charge on any atom is -0.480 e. The van der Waals surface area contributed by atoms with Crippen molar-refractivity contribution in [1.82, 2.24) is 16.0 Å². The molecule has 0 heterocycles. The van der Waals surface area contributed by atoms with E-state index in [0.717, 1.165) is 0 Å². The Kier molecular flexibility index (Phi) is 13.5. The fraction of sp³-hybridized carbons (Fsp3) is 0.737. The monoisotopic (exact) mass is 477 g/mol. The molecular formula is C19H35N5O7S. The van der Waals surface area contributed by atoms with Gasteiger partial charge in [-0.1, -0.05) is 13.8 Å². The van der Waals surface area contributed by atoms with E-state index in [9.17, 15) is 34.2 Å². The van der Waals surface area contributed by atoms with Gasteiger partial charge in [-0.2, -0.15) is 11.8 Å². The van der Waals surface area contributed by atoms with Gasteiger partial charge in [-0.05, 0) is 37.7 Å². The predicted molar refractivity (Wildman–Crippen MR) is 119 cm³/mol. The van der Waals surface area contributed by atoms with Gasteiger partial charge in [-0.15, -0.1) is 0 Å². The lowest BCUT2D eigenvalue weighted by Gasteiger charge is -2.27. The third-order valence-corrected chi connectivity index (χ3v) is 5.04. The number of nitrogens with one attached hydrogen (secondary N) is 3. The zero-order valence-corrected chi connectivity index (χ0v) is 19.6. The number of carbonyl (C=O) groups is 5. The Morgan fingerprint density at radius 1 is 0.938 bits per heavy atom. The van der Waals surface area contributed by atoms with Crippen LogP contribution in [0.3, 0.4) is 0 Å². The number of primary amides is 1. The zero-order chi connectivity index (χ0) is 25.0. The van der Waals surface area contributed by atoms with E-state index in [1.807, 2.05) is 6.26 Å². The third-order valence-electron chi connectivity index (χ3n) is 4.39. The first kappa shape index (κ1) is 29.6. The van der Waals surface area contributed by atoms with E-state index < -0.39 is 66.3 Å². The van der Waals surface area contributed by atoms with E-state index in [4.69, 9.17) is 11.5 Å². The van der Waals surface area contributed by atoms with Gasteiger partial charge in [-0.25, -0.2) is 4.79 Å². The quantitative estimate of drug-likeness (QED) is 0.137. The van der Waals surface area contributed by atoms with Crippen LogP contribution < -0.4 is 27.4 Å². The van der Waals surface area contributed by atoms with Crippen LogP contribution in [0.25, 0.3) is 0 Å². The van der Waals surface area contributed by atoms with Crippen LogP contribution >= 0.6 is 11.8 Å². The first-order valence-electron chi connectivity index (χ1n) is 10.1. The van der Waals surface area contributed by atoms with Gasteiger partial charge in [0.1, 0.15) is 18.1 Å². The van der Waals surface area contributed by atoms with Crippen LogP contribution in [0.1, 0.15) is 40.0 Å². The SMILES string of the molecule is CSCCC(N)C(=O)NC(C(=O)NC(CC(C)C)C(=O)NC(CC(N)=O)C(=O)O)C(C)O. The molecule has 0 aromatic rings. The molecule has 5 atom stereocenters. The number of aliphatic carboxylic acids is 1. The van der Waals surface area contributed by atoms with Crippen molar-refractivity contribution in [1.29, 1.82) is 0 Å². The summed E-state index contributed by atoms with van der Waals surface area (Å²) in [5, 5.41) is 26.2. The number of carbonyl (C=O) groups excluding carboxylic acids is 4. The summed E-state index contributed by atoms with van der Waals surface area (Å²) in [6.45, 7) is 4.86. The first-order chi connectivity index (χ1) is 14.8. The number of amides is 4. The average molecular weight is 478 g/mol. The summed E-state index contributed by atoms with van der Waals surface area (Å²) in [5.74, 6) is -4.13. The van der Waals surface area contributed by atoms with Crippen LogP contribution in [0.2, 0.25) is 0 Å². The van der Waals surface area contributed by atoms with Gasteiger partial charge >= 0.3 is 5.97 Å². The summed E-state index contributed by atoms with van der Waals surface area (Å²) in [7, 11) is 0. The molecule has 0 fully saturated rings. The highest BCUT2D eigenvalue weighted by Crippen LogP contribution is 2.08. The van der Waals surface area contributed by atoms with Gasteiger partial charge in [0.15, 0.2) is 0 Å². The third kappa shape index (κ3) is 11.3. The molecule has 0 saturated heterocycles. The van der Waals surface area contributed by atoms with Crippen LogP contribution in [-0.2, 0) is 24.0 Å². The first-order valence-corrected chi connectivity index (χ1v) is 11.5. The van der Waals surface area contributed by atoms with E-state index in [1.54, 1.807) is 13.8 Å². The standard InChI is InChI=1S/C19H35N5O7S/c1-9(2)7-12(17(28)23-13(19(30)31)8-14(21)26)22-18(29)15(10(3)25)24-16(27)11(20)5-6-32-4/h9-13,15,25H,5-8,20H2,1-4H3,(H2,21,26)(H,22,29)(H,23,28)(H,24,27)(H,30,31). The van der Waals surface area contributed by atoms with E-state index in [2.05, 4.69) is 16.0 Å². The number of hydrogen-bond acceptors (Lipinski definition) is 8. The Morgan fingerprint density at radius 3 is 1.94 bits per heavy atom. The molecule has 184 valence electrons. The van der Waals surface area contributed by atoms with Crippen molar-refractivity contribution < 1.29 is 34.2 Å². The summed E-state index contributed by atoms with van der Waals surface area (Å²) in [6.07, 6.45) is 0.444. The molecule has 0 radical (unpaired) electrons. The molecule has 0 aliphatic carbocycles. The molecule has 0 aliphatic rings. The maximum Gasteiger partial charge on any atom is 0.326 e. The summed E-state index contributed by atoms with van der Waals surface area (Å²) in [5.41, 5.74) is 10.8. The van der Waals surface area contributed by atoms with Gasteiger partial charge in [0.25, 0.3) is 0 Å². The van der Waals surface area contributed by atoms with Gasteiger partial charge in [-0.3, -0.25) is 19.2 Å². The molecule has 0 rings (SSSR count). The van der Waals surface area contributed by atoms with E-state index in [1.165, 1.54) is 18.7 Å². The summed E-state index contributed by atoms with van der Waals surface area (Å²) in [4.78, 5) is 60.0. The average Bonchev–Trinajstić information content (AvgIpc) is 2.67. The Bertz CT molecular complexity index is 674. The van der Waals surface area contributed by atoms with Crippen LogP contribution in [0.5, 0.6) is 0 Å². The largest absolute Gasteiger partial charge is 0.480 e. The topological polar surface area (TPSA) is 214 Å². The number of rotatable bonds is 15. The minimum atomic E-state index is -1.56. The molecule has 5 unspecified atom stereocenters. The Morgan fingerprint density at radius 2 is 1.50 bits per heavy atom. The molecule has 9 N–H and O–H groups in total. The number of carboxylic acid groups (broad SMARTS) is 1. The molecule has 32 heavy (non-hydrogen) atoms. The van der Waals surface area contributed by atoms with E-state index in [-0.39, 0.29) is 12.3 Å². The fourth-order valence-electron chi connectivity index (χ4n) is 2.68. The van der Waals surface area contributed by atoms with E-state index in [0.29, 0.717) is 12.2 Å². The molecule has 0 spiro atoms.